The van der Waals surface area contributed by atoms with Gasteiger partial charge in [-0.3, -0.25) is 9.78 Å². The molecule has 32 heavy (non-hydrogen) atoms. The first-order valence-corrected chi connectivity index (χ1v) is 10.5. The van der Waals surface area contributed by atoms with E-state index < -0.39 is 11.7 Å². The Bertz CT molecular complexity index is 1220. The average Bonchev–Trinajstić information content (AvgIpc) is 3.20. The SMILES string of the molecule is CC(C)CC(c1ccc(C=O)nc1)n1ccc2cc(-c3ccc(C(F)(F)F)cc3)ccc21. The summed E-state index contributed by atoms with van der Waals surface area (Å²) < 4.78 is 40.8. The summed E-state index contributed by atoms with van der Waals surface area (Å²) in [7, 11) is 0. The summed E-state index contributed by atoms with van der Waals surface area (Å²) >= 11 is 0. The van der Waals surface area contributed by atoms with Gasteiger partial charge < -0.3 is 4.57 Å². The first-order valence-electron chi connectivity index (χ1n) is 10.5. The van der Waals surface area contributed by atoms with Crippen LogP contribution in [0.2, 0.25) is 0 Å². The molecule has 164 valence electrons. The average molecular weight is 436 g/mol. The van der Waals surface area contributed by atoms with Crippen LogP contribution in [0.15, 0.2) is 73.1 Å². The van der Waals surface area contributed by atoms with Crippen molar-refractivity contribution in [3.05, 3.63) is 89.9 Å². The smallest absolute Gasteiger partial charge is 0.340 e. The molecule has 0 aliphatic carbocycles. The molecule has 0 N–H and O–H groups in total. The Hall–Kier alpha value is -3.41. The molecular weight excluding hydrogens is 413 g/mol. The number of halogens is 3. The molecular formula is C26H23F3N2O. The number of fused-ring (bicyclic) bond motifs is 1. The number of rotatable bonds is 6. The second kappa shape index (κ2) is 8.61. The number of nitrogens with zero attached hydrogens (tertiary/aromatic N) is 2. The van der Waals surface area contributed by atoms with Crippen LogP contribution in [-0.2, 0) is 6.18 Å². The largest absolute Gasteiger partial charge is 0.416 e. The summed E-state index contributed by atoms with van der Waals surface area (Å²) in [5.74, 6) is 0.439. The second-order valence-electron chi connectivity index (χ2n) is 8.35. The Morgan fingerprint density at radius 1 is 0.969 bits per heavy atom. The molecule has 3 nitrogen and oxygen atoms in total. The second-order valence-corrected chi connectivity index (χ2v) is 8.35. The Morgan fingerprint density at radius 3 is 2.28 bits per heavy atom. The van der Waals surface area contributed by atoms with Crippen molar-refractivity contribution >= 4 is 17.2 Å². The van der Waals surface area contributed by atoms with E-state index in [4.69, 9.17) is 0 Å². The maximum Gasteiger partial charge on any atom is 0.416 e. The molecule has 0 spiro atoms. The lowest BCUT2D eigenvalue weighted by Gasteiger charge is -2.22. The van der Waals surface area contributed by atoms with Gasteiger partial charge in [0.1, 0.15) is 5.69 Å². The molecule has 0 fully saturated rings. The monoisotopic (exact) mass is 436 g/mol. The molecule has 1 unspecified atom stereocenters. The minimum Gasteiger partial charge on any atom is -0.340 e. The lowest BCUT2D eigenvalue weighted by Crippen LogP contribution is -2.13. The third kappa shape index (κ3) is 4.44. The number of carbonyl (C=O) groups excluding carboxylic acids is 1. The highest BCUT2D eigenvalue weighted by Crippen LogP contribution is 2.34. The molecule has 1 atom stereocenters. The molecule has 4 aromatic rings. The van der Waals surface area contributed by atoms with Crippen LogP contribution in [0, 0.1) is 5.92 Å². The maximum atomic E-state index is 12.9. The van der Waals surface area contributed by atoms with Crippen LogP contribution in [0.1, 0.15) is 47.9 Å². The zero-order chi connectivity index (χ0) is 22.9. The predicted octanol–water partition coefficient (Wildman–Crippen LogP) is 7.17. The van der Waals surface area contributed by atoms with E-state index in [9.17, 15) is 18.0 Å². The van der Waals surface area contributed by atoms with Crippen molar-refractivity contribution < 1.29 is 18.0 Å². The summed E-state index contributed by atoms with van der Waals surface area (Å²) in [4.78, 5) is 15.2. The number of aldehydes is 1. The molecule has 0 amide bonds. The summed E-state index contributed by atoms with van der Waals surface area (Å²) in [5, 5.41) is 1.01. The summed E-state index contributed by atoms with van der Waals surface area (Å²) in [6.45, 7) is 4.32. The van der Waals surface area contributed by atoms with Gasteiger partial charge in [-0.05, 0) is 65.4 Å². The fourth-order valence-corrected chi connectivity index (χ4v) is 4.01. The normalized spacial score (nSPS) is 12.9. The summed E-state index contributed by atoms with van der Waals surface area (Å²) in [6, 6.07) is 16.9. The van der Waals surface area contributed by atoms with Crippen molar-refractivity contribution in [1.29, 1.82) is 0 Å². The Kier molecular flexibility index (Phi) is 5.87. The van der Waals surface area contributed by atoms with E-state index >= 15 is 0 Å². The lowest BCUT2D eigenvalue weighted by molar-refractivity contribution is -0.137. The van der Waals surface area contributed by atoms with Gasteiger partial charge in [-0.15, -0.1) is 0 Å². The van der Waals surface area contributed by atoms with Crippen molar-refractivity contribution in [2.45, 2.75) is 32.5 Å². The van der Waals surface area contributed by atoms with Crippen LogP contribution in [0.4, 0.5) is 13.2 Å². The molecule has 6 heteroatoms. The number of carbonyl (C=O) groups is 1. The molecule has 0 bridgehead atoms. The van der Waals surface area contributed by atoms with E-state index in [-0.39, 0.29) is 6.04 Å². The third-order valence-corrected chi connectivity index (χ3v) is 5.61. The number of hydrogen-bond donors (Lipinski definition) is 0. The van der Waals surface area contributed by atoms with E-state index in [1.807, 2.05) is 36.5 Å². The minimum atomic E-state index is -4.34. The highest BCUT2D eigenvalue weighted by Gasteiger charge is 2.30. The summed E-state index contributed by atoms with van der Waals surface area (Å²) in [5.41, 5.74) is 3.40. The Balaban J connectivity index is 1.71. The fraction of sp³-hybridized carbons (Fsp3) is 0.231. The standard InChI is InChI=1S/C26H23F3N2O/c1-17(2)13-25(21-5-9-23(16-32)30-15-21)31-12-11-20-14-19(6-10-24(20)31)18-3-7-22(8-4-18)26(27,28)29/h3-12,14-17,25H,13H2,1-2H3. The molecule has 0 saturated carbocycles. The van der Waals surface area contributed by atoms with Crippen LogP contribution in [-0.4, -0.2) is 15.8 Å². The molecule has 2 heterocycles. The van der Waals surface area contributed by atoms with Crippen molar-refractivity contribution in [2.24, 2.45) is 5.92 Å². The number of aromatic nitrogens is 2. The molecule has 4 rings (SSSR count). The van der Waals surface area contributed by atoms with E-state index in [0.717, 1.165) is 52.4 Å². The minimum absolute atomic E-state index is 0.0534. The zero-order valence-corrected chi connectivity index (χ0v) is 17.8. The van der Waals surface area contributed by atoms with Gasteiger partial charge in [0, 0.05) is 23.3 Å². The van der Waals surface area contributed by atoms with Gasteiger partial charge in [-0.25, -0.2) is 0 Å². The highest BCUT2D eigenvalue weighted by atomic mass is 19.4. The van der Waals surface area contributed by atoms with Gasteiger partial charge in [0.05, 0.1) is 11.6 Å². The van der Waals surface area contributed by atoms with Crippen molar-refractivity contribution in [3.63, 3.8) is 0 Å². The quantitative estimate of drug-likeness (QED) is 0.300. The fourth-order valence-electron chi connectivity index (χ4n) is 4.01. The molecule has 2 aromatic carbocycles. The van der Waals surface area contributed by atoms with E-state index in [1.54, 1.807) is 12.3 Å². The van der Waals surface area contributed by atoms with Crippen LogP contribution < -0.4 is 0 Å². The van der Waals surface area contributed by atoms with Crippen LogP contribution >= 0.6 is 0 Å². The highest BCUT2D eigenvalue weighted by molar-refractivity contribution is 5.86. The molecule has 0 aliphatic rings. The van der Waals surface area contributed by atoms with E-state index in [1.165, 1.54) is 12.1 Å². The lowest BCUT2D eigenvalue weighted by atomic mass is 9.97. The van der Waals surface area contributed by atoms with Crippen LogP contribution in [0.3, 0.4) is 0 Å². The van der Waals surface area contributed by atoms with Crippen LogP contribution in [0.5, 0.6) is 0 Å². The molecule has 0 aliphatic heterocycles. The van der Waals surface area contributed by atoms with Crippen LogP contribution in [0.25, 0.3) is 22.0 Å². The van der Waals surface area contributed by atoms with Gasteiger partial charge in [0.15, 0.2) is 6.29 Å². The first kappa shape index (κ1) is 21.8. The Labute approximate surface area is 184 Å². The number of pyridine rings is 1. The molecule has 0 radical (unpaired) electrons. The maximum absolute atomic E-state index is 12.9. The molecule has 2 aromatic heterocycles. The van der Waals surface area contributed by atoms with Crippen molar-refractivity contribution in [3.8, 4) is 11.1 Å². The molecule has 0 saturated heterocycles. The third-order valence-electron chi connectivity index (χ3n) is 5.61. The van der Waals surface area contributed by atoms with Gasteiger partial charge in [-0.1, -0.05) is 38.1 Å². The number of hydrogen-bond acceptors (Lipinski definition) is 2. The van der Waals surface area contributed by atoms with Gasteiger partial charge >= 0.3 is 6.18 Å². The van der Waals surface area contributed by atoms with Crippen molar-refractivity contribution in [1.82, 2.24) is 9.55 Å². The first-order chi connectivity index (χ1) is 15.3. The van der Waals surface area contributed by atoms with E-state index in [0.29, 0.717) is 11.6 Å². The van der Waals surface area contributed by atoms with Gasteiger partial charge in [0.2, 0.25) is 0 Å². The van der Waals surface area contributed by atoms with Crippen molar-refractivity contribution in [2.75, 3.05) is 0 Å². The number of benzene rings is 2. The van der Waals surface area contributed by atoms with Gasteiger partial charge in [0.25, 0.3) is 0 Å². The zero-order valence-electron chi connectivity index (χ0n) is 17.8. The number of alkyl halides is 3. The predicted molar refractivity (Wildman–Crippen MR) is 120 cm³/mol. The summed E-state index contributed by atoms with van der Waals surface area (Å²) in [6.07, 6.45) is 1.06. The van der Waals surface area contributed by atoms with E-state index in [2.05, 4.69) is 23.4 Å². The topological polar surface area (TPSA) is 34.9 Å². The van der Waals surface area contributed by atoms with Gasteiger partial charge in [-0.2, -0.15) is 13.2 Å². The Morgan fingerprint density at radius 2 is 1.69 bits per heavy atom.